The maximum Gasteiger partial charge on any atom is 0.319 e. The Labute approximate surface area is 210 Å². The molecule has 0 saturated carbocycles. The number of benzene rings is 1. The third kappa shape index (κ3) is 5.29. The van der Waals surface area contributed by atoms with Gasteiger partial charge in [-0.1, -0.05) is 29.5 Å². The second-order valence-corrected chi connectivity index (χ2v) is 11.9. The van der Waals surface area contributed by atoms with Crippen LogP contribution in [0.3, 0.4) is 0 Å². The lowest BCUT2D eigenvalue weighted by Gasteiger charge is -2.33. The number of amides is 4. The first-order valence-electron chi connectivity index (χ1n) is 10.8. The largest absolute Gasteiger partial charge is 0.338 e. The Bertz CT molecular complexity index is 1380. The van der Waals surface area contributed by atoms with Crippen molar-refractivity contribution in [2.75, 3.05) is 43.4 Å². The Balaban J connectivity index is 1.51. The van der Waals surface area contributed by atoms with Gasteiger partial charge in [-0.15, -0.1) is 11.3 Å². The van der Waals surface area contributed by atoms with Crippen molar-refractivity contribution >= 4 is 70.8 Å². The first-order valence-corrected chi connectivity index (χ1v) is 13.9. The van der Waals surface area contributed by atoms with Gasteiger partial charge in [0.15, 0.2) is 9.34 Å². The molecule has 0 aliphatic carbocycles. The third-order valence-electron chi connectivity index (χ3n) is 5.26. The minimum atomic E-state index is -3.81. The molecule has 3 heterocycles. The molecule has 0 bridgehead atoms. The van der Waals surface area contributed by atoms with E-state index in [2.05, 4.69) is 20.9 Å². The molecular weight excluding hydrogens is 512 g/mol. The zero-order chi connectivity index (χ0) is 25.2. The van der Waals surface area contributed by atoms with Gasteiger partial charge in [0.05, 0.1) is 11.8 Å². The standard InChI is InChI=1S/C21H24N6O5S3/c1-3-22-20(30)25-18-17(14-6-4-5-7-15(14)33-18)19(29)26-8-10-27(11-9-26)35(31,32)16-12-23-21(34-16)24-13(2)28/h4-7,12H,3,8-11H2,1-2H3,(H2,22,25,30)(H,23,24,28). The van der Waals surface area contributed by atoms with Gasteiger partial charge in [0.25, 0.3) is 15.9 Å². The number of urea groups is 1. The molecule has 1 aromatic carbocycles. The van der Waals surface area contributed by atoms with Crippen molar-refractivity contribution < 1.29 is 22.8 Å². The van der Waals surface area contributed by atoms with E-state index in [9.17, 15) is 22.8 Å². The van der Waals surface area contributed by atoms with E-state index in [0.717, 1.165) is 21.4 Å². The summed E-state index contributed by atoms with van der Waals surface area (Å²) >= 11 is 2.20. The van der Waals surface area contributed by atoms with Gasteiger partial charge >= 0.3 is 6.03 Å². The number of thiophene rings is 1. The van der Waals surface area contributed by atoms with Crippen LogP contribution in [0.1, 0.15) is 24.2 Å². The summed E-state index contributed by atoms with van der Waals surface area (Å²) < 4.78 is 28.3. The Kier molecular flexibility index (Phi) is 7.35. The van der Waals surface area contributed by atoms with E-state index >= 15 is 0 Å². The number of nitrogens with one attached hydrogen (secondary N) is 3. The van der Waals surface area contributed by atoms with E-state index in [0.29, 0.717) is 17.1 Å². The summed E-state index contributed by atoms with van der Waals surface area (Å²) in [7, 11) is -3.81. The van der Waals surface area contributed by atoms with Gasteiger partial charge in [-0.2, -0.15) is 4.31 Å². The van der Waals surface area contributed by atoms with Crippen LogP contribution in [0, 0.1) is 0 Å². The number of carbonyl (C=O) groups excluding carboxylic acids is 3. The van der Waals surface area contributed by atoms with Gasteiger partial charge < -0.3 is 15.5 Å². The first kappa shape index (κ1) is 25.0. The summed E-state index contributed by atoms with van der Waals surface area (Å²) in [4.78, 5) is 42.4. The summed E-state index contributed by atoms with van der Waals surface area (Å²) in [5.74, 6) is -0.602. The van der Waals surface area contributed by atoms with Crippen LogP contribution >= 0.6 is 22.7 Å². The SMILES string of the molecule is CCNC(=O)Nc1sc2ccccc2c1C(=O)N1CCN(S(=O)(=O)c2cnc(NC(C)=O)s2)CC1. The Morgan fingerprint density at radius 2 is 1.77 bits per heavy atom. The predicted molar refractivity (Wildman–Crippen MR) is 136 cm³/mol. The third-order valence-corrected chi connectivity index (χ3v) is 9.60. The van der Waals surface area contributed by atoms with E-state index < -0.39 is 16.1 Å². The maximum atomic E-state index is 13.5. The number of sulfonamides is 1. The molecule has 3 N–H and O–H groups in total. The van der Waals surface area contributed by atoms with E-state index in [1.54, 1.807) is 11.8 Å². The molecule has 4 rings (SSSR count). The van der Waals surface area contributed by atoms with Crippen LogP contribution in [-0.4, -0.2) is 73.2 Å². The lowest BCUT2D eigenvalue weighted by molar-refractivity contribution is -0.114. The molecule has 0 unspecified atom stereocenters. The van der Waals surface area contributed by atoms with Gasteiger partial charge in [0.1, 0.15) is 5.00 Å². The fourth-order valence-corrected chi connectivity index (χ4v) is 7.40. The second-order valence-electron chi connectivity index (χ2n) is 7.65. The number of rotatable bonds is 6. The number of hydrogen-bond donors (Lipinski definition) is 3. The van der Waals surface area contributed by atoms with Crippen molar-refractivity contribution in [1.29, 1.82) is 0 Å². The molecule has 11 nitrogen and oxygen atoms in total. The topological polar surface area (TPSA) is 141 Å². The number of thiazole rings is 1. The predicted octanol–water partition coefficient (Wildman–Crippen LogP) is 2.60. The molecule has 3 aromatic rings. The minimum absolute atomic E-state index is 0.0262. The number of carbonyl (C=O) groups is 3. The number of aromatic nitrogens is 1. The highest BCUT2D eigenvalue weighted by Gasteiger charge is 2.33. The van der Waals surface area contributed by atoms with E-state index in [1.807, 2.05) is 24.3 Å². The highest BCUT2D eigenvalue weighted by atomic mass is 32.2. The maximum absolute atomic E-state index is 13.5. The van der Waals surface area contributed by atoms with Crippen LogP contribution in [-0.2, 0) is 14.8 Å². The first-order chi connectivity index (χ1) is 16.7. The van der Waals surface area contributed by atoms with Crippen LogP contribution in [0.25, 0.3) is 10.1 Å². The van der Waals surface area contributed by atoms with Crippen molar-refractivity contribution in [2.45, 2.75) is 18.1 Å². The normalized spacial score (nSPS) is 14.6. The van der Waals surface area contributed by atoms with E-state index in [1.165, 1.54) is 28.8 Å². The summed E-state index contributed by atoms with van der Waals surface area (Å²) in [5, 5.41) is 9.31. The molecule has 1 fully saturated rings. The fraction of sp³-hybridized carbons (Fsp3) is 0.333. The van der Waals surface area contributed by atoms with Crippen molar-refractivity contribution in [3.05, 3.63) is 36.0 Å². The molecule has 0 spiro atoms. The minimum Gasteiger partial charge on any atom is -0.338 e. The molecule has 4 amide bonds. The summed E-state index contributed by atoms with van der Waals surface area (Å²) in [6.45, 7) is 4.19. The van der Waals surface area contributed by atoms with Crippen LogP contribution in [0.4, 0.5) is 14.9 Å². The zero-order valence-corrected chi connectivity index (χ0v) is 21.5. The van der Waals surface area contributed by atoms with Crippen LogP contribution < -0.4 is 16.0 Å². The van der Waals surface area contributed by atoms with Gasteiger partial charge in [-0.05, 0) is 13.0 Å². The molecule has 1 aliphatic rings. The van der Waals surface area contributed by atoms with Crippen molar-refractivity contribution in [1.82, 2.24) is 19.5 Å². The molecule has 35 heavy (non-hydrogen) atoms. The molecule has 14 heteroatoms. The fourth-order valence-electron chi connectivity index (χ4n) is 3.66. The van der Waals surface area contributed by atoms with Gasteiger partial charge in [0, 0.05) is 49.7 Å². The number of nitrogens with zero attached hydrogens (tertiary/aromatic N) is 3. The average molecular weight is 537 g/mol. The molecule has 1 aliphatic heterocycles. The summed E-state index contributed by atoms with van der Waals surface area (Å²) in [6, 6.07) is 7.01. The Morgan fingerprint density at radius 1 is 1.06 bits per heavy atom. The van der Waals surface area contributed by atoms with Crippen molar-refractivity contribution in [3.8, 4) is 0 Å². The number of hydrogen-bond acceptors (Lipinski definition) is 8. The molecular formula is C21H24N6O5S3. The van der Waals surface area contributed by atoms with Gasteiger partial charge in [0.2, 0.25) is 5.91 Å². The summed E-state index contributed by atoms with van der Waals surface area (Å²) in [6.07, 6.45) is 1.22. The molecule has 0 radical (unpaired) electrons. The monoisotopic (exact) mass is 536 g/mol. The van der Waals surface area contributed by atoms with E-state index in [-0.39, 0.29) is 47.3 Å². The smallest absolute Gasteiger partial charge is 0.319 e. The molecule has 186 valence electrons. The van der Waals surface area contributed by atoms with Crippen molar-refractivity contribution in [3.63, 3.8) is 0 Å². The molecule has 1 saturated heterocycles. The average Bonchev–Trinajstić information content (AvgIpc) is 3.43. The van der Waals surface area contributed by atoms with Crippen molar-refractivity contribution in [2.24, 2.45) is 0 Å². The zero-order valence-electron chi connectivity index (χ0n) is 19.0. The Hall–Kier alpha value is -3.07. The van der Waals surface area contributed by atoms with E-state index in [4.69, 9.17) is 0 Å². The number of piperazine rings is 1. The van der Waals surface area contributed by atoms with Crippen LogP contribution in [0.5, 0.6) is 0 Å². The van der Waals surface area contributed by atoms with Crippen LogP contribution in [0.2, 0.25) is 0 Å². The highest BCUT2D eigenvalue weighted by Crippen LogP contribution is 2.37. The quantitative estimate of drug-likeness (QED) is 0.442. The lowest BCUT2D eigenvalue weighted by Crippen LogP contribution is -2.50. The van der Waals surface area contributed by atoms with Gasteiger partial charge in [-0.3, -0.25) is 14.9 Å². The lowest BCUT2D eigenvalue weighted by atomic mass is 10.1. The molecule has 2 aromatic heterocycles. The highest BCUT2D eigenvalue weighted by molar-refractivity contribution is 7.91. The Morgan fingerprint density at radius 3 is 2.46 bits per heavy atom. The molecule has 0 atom stereocenters. The van der Waals surface area contributed by atoms with Crippen LogP contribution in [0.15, 0.2) is 34.7 Å². The van der Waals surface area contributed by atoms with Gasteiger partial charge in [-0.25, -0.2) is 18.2 Å². The number of anilines is 2. The number of fused-ring (bicyclic) bond motifs is 1. The summed E-state index contributed by atoms with van der Waals surface area (Å²) in [5.41, 5.74) is 0.399. The second kappa shape index (κ2) is 10.3.